The van der Waals surface area contributed by atoms with Gasteiger partial charge in [0.25, 0.3) is 0 Å². The number of nitrogens with two attached hydrogens (primary N) is 1. The molecule has 0 saturated carbocycles. The van der Waals surface area contributed by atoms with Gasteiger partial charge in [0.1, 0.15) is 11.5 Å². The van der Waals surface area contributed by atoms with Crippen molar-refractivity contribution in [2.45, 2.75) is 40.3 Å². The molecule has 2 N–H and O–H groups in total. The first-order valence-corrected chi connectivity index (χ1v) is 7.35. The maximum absolute atomic E-state index is 12.7. The number of rotatable bonds is 6. The van der Waals surface area contributed by atoms with E-state index in [-0.39, 0.29) is 11.3 Å². The Morgan fingerprint density at radius 1 is 1.29 bits per heavy atom. The van der Waals surface area contributed by atoms with Crippen molar-refractivity contribution in [3.05, 3.63) is 23.7 Å². The lowest BCUT2D eigenvalue weighted by Crippen LogP contribution is -2.51. The Labute approximate surface area is 128 Å². The van der Waals surface area contributed by atoms with Gasteiger partial charge in [-0.05, 0) is 38.6 Å². The van der Waals surface area contributed by atoms with Gasteiger partial charge in [0.15, 0.2) is 0 Å². The van der Waals surface area contributed by atoms with E-state index >= 15 is 0 Å². The minimum Gasteiger partial charge on any atom is -0.464 e. The van der Waals surface area contributed by atoms with Crippen LogP contribution >= 0.6 is 0 Å². The normalized spacial score (nSPS) is 13.5. The fraction of sp³-hybridized carbons (Fsp3) is 0.688. The summed E-state index contributed by atoms with van der Waals surface area (Å²) < 4.78 is 5.59. The SMILES string of the molecule is Cc1ccc(CN(CCN(C)C)C(=O)C(N)C(C)(C)C)o1. The summed E-state index contributed by atoms with van der Waals surface area (Å²) >= 11 is 0. The molecule has 5 nitrogen and oxygen atoms in total. The molecule has 1 atom stereocenters. The van der Waals surface area contributed by atoms with E-state index in [1.807, 2.05) is 53.9 Å². The van der Waals surface area contributed by atoms with Gasteiger partial charge < -0.3 is 20.0 Å². The van der Waals surface area contributed by atoms with E-state index in [1.54, 1.807) is 4.90 Å². The molecule has 1 amide bonds. The summed E-state index contributed by atoms with van der Waals surface area (Å²) in [6, 6.07) is 3.30. The molecular weight excluding hydrogens is 266 g/mol. The van der Waals surface area contributed by atoms with Crippen molar-refractivity contribution >= 4 is 5.91 Å². The van der Waals surface area contributed by atoms with E-state index in [1.165, 1.54) is 0 Å². The number of hydrogen-bond acceptors (Lipinski definition) is 4. The molecule has 0 aliphatic heterocycles. The molecule has 1 aromatic rings. The average Bonchev–Trinajstić information content (AvgIpc) is 2.77. The van der Waals surface area contributed by atoms with Crippen molar-refractivity contribution in [2.24, 2.45) is 11.1 Å². The van der Waals surface area contributed by atoms with E-state index in [9.17, 15) is 4.79 Å². The number of aryl methyl sites for hydroxylation is 1. The lowest BCUT2D eigenvalue weighted by Gasteiger charge is -2.32. The van der Waals surface area contributed by atoms with E-state index < -0.39 is 6.04 Å². The van der Waals surface area contributed by atoms with E-state index in [0.29, 0.717) is 13.1 Å². The van der Waals surface area contributed by atoms with Gasteiger partial charge in [-0.2, -0.15) is 0 Å². The molecule has 0 bridgehead atoms. The number of amides is 1. The molecule has 1 rings (SSSR count). The Bertz CT molecular complexity index is 460. The summed E-state index contributed by atoms with van der Waals surface area (Å²) in [5.41, 5.74) is 5.87. The molecule has 0 saturated heterocycles. The first-order chi connectivity index (χ1) is 9.61. The van der Waals surface area contributed by atoms with Crippen LogP contribution in [0.3, 0.4) is 0 Å². The number of furan rings is 1. The van der Waals surface area contributed by atoms with Crippen molar-refractivity contribution < 1.29 is 9.21 Å². The number of nitrogens with zero attached hydrogens (tertiary/aromatic N) is 2. The Morgan fingerprint density at radius 2 is 1.90 bits per heavy atom. The monoisotopic (exact) mass is 295 g/mol. The highest BCUT2D eigenvalue weighted by Crippen LogP contribution is 2.20. The van der Waals surface area contributed by atoms with Gasteiger partial charge in [-0.1, -0.05) is 20.8 Å². The fourth-order valence-corrected chi connectivity index (χ4v) is 1.91. The third-order valence-electron chi connectivity index (χ3n) is 3.47. The minimum absolute atomic E-state index is 0.0293. The molecule has 5 heteroatoms. The highest BCUT2D eigenvalue weighted by Gasteiger charge is 2.31. The number of carbonyl (C=O) groups excluding carboxylic acids is 1. The molecule has 120 valence electrons. The number of likely N-dealkylation sites (N-methyl/N-ethyl adjacent to an activating group) is 1. The lowest BCUT2D eigenvalue weighted by molar-refractivity contribution is -0.136. The van der Waals surface area contributed by atoms with Gasteiger partial charge >= 0.3 is 0 Å². The summed E-state index contributed by atoms with van der Waals surface area (Å²) in [6.07, 6.45) is 0. The average molecular weight is 295 g/mol. The van der Waals surface area contributed by atoms with Crippen LogP contribution in [0.15, 0.2) is 16.5 Å². The van der Waals surface area contributed by atoms with Crippen LogP contribution < -0.4 is 5.73 Å². The van der Waals surface area contributed by atoms with Crippen LogP contribution in [-0.2, 0) is 11.3 Å². The second kappa shape index (κ2) is 7.09. The van der Waals surface area contributed by atoms with Gasteiger partial charge in [-0.15, -0.1) is 0 Å². The summed E-state index contributed by atoms with van der Waals surface area (Å²) in [6.45, 7) is 9.74. The van der Waals surface area contributed by atoms with Gasteiger partial charge in [-0.25, -0.2) is 0 Å². The van der Waals surface area contributed by atoms with Crippen LogP contribution in [0, 0.1) is 12.3 Å². The third kappa shape index (κ3) is 5.52. The van der Waals surface area contributed by atoms with Crippen molar-refractivity contribution in [3.63, 3.8) is 0 Å². The highest BCUT2D eigenvalue weighted by atomic mass is 16.3. The molecular formula is C16H29N3O2. The molecule has 0 spiro atoms. The number of carbonyl (C=O) groups is 1. The van der Waals surface area contributed by atoms with E-state index in [2.05, 4.69) is 4.90 Å². The Morgan fingerprint density at radius 3 is 2.33 bits per heavy atom. The first kappa shape index (κ1) is 17.7. The van der Waals surface area contributed by atoms with Gasteiger partial charge in [0.2, 0.25) is 5.91 Å². The second-order valence-electron chi connectivity index (χ2n) is 6.92. The molecule has 1 aromatic heterocycles. The maximum Gasteiger partial charge on any atom is 0.240 e. The summed E-state index contributed by atoms with van der Waals surface area (Å²) in [4.78, 5) is 16.5. The third-order valence-corrected chi connectivity index (χ3v) is 3.47. The zero-order valence-corrected chi connectivity index (χ0v) is 14.1. The summed E-state index contributed by atoms with van der Waals surface area (Å²) in [7, 11) is 3.98. The van der Waals surface area contributed by atoms with E-state index in [0.717, 1.165) is 18.1 Å². The largest absolute Gasteiger partial charge is 0.464 e. The smallest absolute Gasteiger partial charge is 0.240 e. The first-order valence-electron chi connectivity index (χ1n) is 7.35. The molecule has 0 fully saturated rings. The lowest BCUT2D eigenvalue weighted by atomic mass is 9.86. The predicted octanol–water partition coefficient (Wildman–Crippen LogP) is 1.85. The molecule has 21 heavy (non-hydrogen) atoms. The number of hydrogen-bond donors (Lipinski definition) is 1. The molecule has 1 heterocycles. The standard InChI is InChI=1S/C16H29N3O2/c1-12-7-8-13(21-12)11-19(10-9-18(5)6)15(20)14(17)16(2,3)4/h7-8,14H,9-11,17H2,1-6H3. The summed E-state index contributed by atoms with van der Waals surface area (Å²) in [5, 5.41) is 0. The molecule has 0 aliphatic rings. The van der Waals surface area contributed by atoms with Gasteiger partial charge in [-0.3, -0.25) is 4.79 Å². The zero-order valence-electron chi connectivity index (χ0n) is 14.1. The Hall–Kier alpha value is -1.33. The Balaban J connectivity index is 2.83. The van der Waals surface area contributed by atoms with Crippen molar-refractivity contribution in [1.82, 2.24) is 9.80 Å². The van der Waals surface area contributed by atoms with E-state index in [4.69, 9.17) is 10.2 Å². The maximum atomic E-state index is 12.7. The summed E-state index contributed by atoms with van der Waals surface area (Å²) in [5.74, 6) is 1.62. The molecule has 0 aromatic carbocycles. The van der Waals surface area contributed by atoms with Crippen molar-refractivity contribution in [3.8, 4) is 0 Å². The van der Waals surface area contributed by atoms with Crippen molar-refractivity contribution in [2.75, 3.05) is 27.2 Å². The Kier molecular flexibility index (Phi) is 5.98. The topological polar surface area (TPSA) is 62.7 Å². The van der Waals surface area contributed by atoms with Crippen LogP contribution in [0.25, 0.3) is 0 Å². The highest BCUT2D eigenvalue weighted by molar-refractivity contribution is 5.82. The fourth-order valence-electron chi connectivity index (χ4n) is 1.91. The van der Waals surface area contributed by atoms with Crippen LogP contribution in [0.1, 0.15) is 32.3 Å². The second-order valence-corrected chi connectivity index (χ2v) is 6.92. The van der Waals surface area contributed by atoms with Crippen LogP contribution in [-0.4, -0.2) is 48.9 Å². The predicted molar refractivity (Wildman–Crippen MR) is 84.8 cm³/mol. The van der Waals surface area contributed by atoms with Gasteiger partial charge in [0.05, 0.1) is 12.6 Å². The van der Waals surface area contributed by atoms with Gasteiger partial charge in [0, 0.05) is 13.1 Å². The molecule has 0 radical (unpaired) electrons. The quantitative estimate of drug-likeness (QED) is 0.870. The van der Waals surface area contributed by atoms with Crippen LogP contribution in [0.2, 0.25) is 0 Å². The van der Waals surface area contributed by atoms with Crippen molar-refractivity contribution in [1.29, 1.82) is 0 Å². The van der Waals surface area contributed by atoms with Crippen LogP contribution in [0.4, 0.5) is 0 Å². The zero-order chi connectivity index (χ0) is 16.2. The minimum atomic E-state index is -0.518. The molecule has 0 aliphatic carbocycles. The molecule has 1 unspecified atom stereocenters. The van der Waals surface area contributed by atoms with Crippen LogP contribution in [0.5, 0.6) is 0 Å².